The van der Waals surface area contributed by atoms with Gasteiger partial charge in [0, 0.05) is 60.2 Å². The maximum absolute atomic E-state index is 12.9. The topological polar surface area (TPSA) is 142 Å². The van der Waals surface area contributed by atoms with Crippen LogP contribution >= 0.6 is 11.6 Å². The third-order valence-corrected chi connectivity index (χ3v) is 6.02. The maximum atomic E-state index is 12.9. The van der Waals surface area contributed by atoms with E-state index < -0.39 is 18.1 Å². The number of aromatic amines is 1. The van der Waals surface area contributed by atoms with Crippen molar-refractivity contribution in [2.75, 3.05) is 31.1 Å². The fourth-order valence-electron chi connectivity index (χ4n) is 4.06. The van der Waals surface area contributed by atoms with Crippen molar-refractivity contribution in [3.63, 3.8) is 0 Å². The Morgan fingerprint density at radius 1 is 1.16 bits per heavy atom. The number of piperazine rings is 1. The summed E-state index contributed by atoms with van der Waals surface area (Å²) in [6.45, 7) is 2.18. The number of nitrogens with zero attached hydrogens (tertiary/aromatic N) is 3. The van der Waals surface area contributed by atoms with Crippen LogP contribution < -0.4 is 16.4 Å². The van der Waals surface area contributed by atoms with E-state index in [-0.39, 0.29) is 5.91 Å². The number of hydrogen-bond acceptors (Lipinski definition) is 6. The number of rotatable bonds is 6. The number of halogens is 1. The van der Waals surface area contributed by atoms with E-state index in [1.165, 1.54) is 0 Å². The number of hydrogen-bond donors (Lipinski definition) is 4. The van der Waals surface area contributed by atoms with Crippen LogP contribution in [0.1, 0.15) is 17.2 Å². The van der Waals surface area contributed by atoms with Crippen molar-refractivity contribution in [3.8, 4) is 0 Å². The molecule has 0 aliphatic carbocycles. The standard InChI is InChI=1S/C22H25ClN6O3/c23-14-3-1-13(2-4-14)11-16(24)22(32)29-9-7-28(8-10-29)17-5-6-26-21-18(17)15(12-27-21)19(30)20(25)31/h1-6,12,16,19,30H,7-11,24H2,(H2,25,31)(H,26,27). The highest BCUT2D eigenvalue weighted by molar-refractivity contribution is 6.30. The molecule has 168 valence electrons. The molecule has 0 spiro atoms. The van der Waals surface area contributed by atoms with Gasteiger partial charge in [-0.25, -0.2) is 4.98 Å². The molecule has 2 atom stereocenters. The third kappa shape index (κ3) is 4.40. The Bertz CT molecular complexity index is 1120. The van der Waals surface area contributed by atoms with E-state index in [0.29, 0.717) is 54.2 Å². The number of fused-ring (bicyclic) bond motifs is 1. The number of benzene rings is 1. The minimum Gasteiger partial charge on any atom is -0.378 e. The molecule has 1 fully saturated rings. The fraction of sp³-hybridized carbons (Fsp3) is 0.318. The van der Waals surface area contributed by atoms with Gasteiger partial charge in [-0.3, -0.25) is 9.59 Å². The quantitative estimate of drug-likeness (QED) is 0.435. The molecule has 0 saturated carbocycles. The van der Waals surface area contributed by atoms with Crippen molar-refractivity contribution >= 4 is 40.1 Å². The van der Waals surface area contributed by atoms with E-state index in [0.717, 1.165) is 11.3 Å². The number of nitrogens with one attached hydrogen (secondary N) is 1. The molecule has 0 radical (unpaired) electrons. The van der Waals surface area contributed by atoms with Crippen LogP contribution in [0.2, 0.25) is 5.02 Å². The van der Waals surface area contributed by atoms with Gasteiger partial charge in [-0.05, 0) is 30.2 Å². The monoisotopic (exact) mass is 456 g/mol. The van der Waals surface area contributed by atoms with Gasteiger partial charge in [0.2, 0.25) is 5.91 Å². The number of amides is 2. The number of H-pyrrole nitrogens is 1. The number of nitrogens with two attached hydrogens (primary N) is 2. The summed E-state index contributed by atoms with van der Waals surface area (Å²) in [6, 6.07) is 8.52. The predicted molar refractivity (Wildman–Crippen MR) is 122 cm³/mol. The molecule has 0 bridgehead atoms. The molecule has 1 saturated heterocycles. The number of anilines is 1. The predicted octanol–water partition coefficient (Wildman–Crippen LogP) is 0.954. The lowest BCUT2D eigenvalue weighted by Crippen LogP contribution is -2.53. The maximum Gasteiger partial charge on any atom is 0.250 e. The van der Waals surface area contributed by atoms with Crippen LogP contribution in [0, 0.1) is 0 Å². The van der Waals surface area contributed by atoms with Crippen molar-refractivity contribution < 1.29 is 14.7 Å². The fourth-order valence-corrected chi connectivity index (χ4v) is 4.19. The summed E-state index contributed by atoms with van der Waals surface area (Å²) in [5.74, 6) is -0.920. The van der Waals surface area contributed by atoms with Gasteiger partial charge in [0.1, 0.15) is 5.65 Å². The van der Waals surface area contributed by atoms with Gasteiger partial charge in [0.15, 0.2) is 6.10 Å². The summed E-state index contributed by atoms with van der Waals surface area (Å²) in [7, 11) is 0. The Morgan fingerprint density at radius 3 is 2.50 bits per heavy atom. The SMILES string of the molecule is NC(=O)C(O)c1c[nH]c2nccc(N3CCN(C(=O)C(N)Cc4ccc(Cl)cc4)CC3)c12. The van der Waals surface area contributed by atoms with Crippen LogP contribution in [0.15, 0.2) is 42.7 Å². The van der Waals surface area contributed by atoms with Gasteiger partial charge in [0.05, 0.1) is 6.04 Å². The van der Waals surface area contributed by atoms with Crippen LogP contribution in [0.25, 0.3) is 11.0 Å². The molecule has 3 heterocycles. The first-order valence-electron chi connectivity index (χ1n) is 10.3. The smallest absolute Gasteiger partial charge is 0.250 e. The van der Waals surface area contributed by atoms with Crippen LogP contribution in [-0.2, 0) is 16.0 Å². The molecule has 4 rings (SSSR count). The number of primary amides is 1. The summed E-state index contributed by atoms with van der Waals surface area (Å²) in [5, 5.41) is 11.5. The Hall–Kier alpha value is -3.14. The van der Waals surface area contributed by atoms with Crippen molar-refractivity contribution in [3.05, 3.63) is 58.9 Å². The summed E-state index contributed by atoms with van der Waals surface area (Å²) in [4.78, 5) is 35.5. The zero-order valence-electron chi connectivity index (χ0n) is 17.4. The Balaban J connectivity index is 1.45. The molecule has 10 heteroatoms. The van der Waals surface area contributed by atoms with E-state index in [1.54, 1.807) is 29.4 Å². The molecule has 1 aliphatic heterocycles. The number of pyridine rings is 1. The van der Waals surface area contributed by atoms with Crippen LogP contribution in [0.4, 0.5) is 5.69 Å². The average molecular weight is 457 g/mol. The Morgan fingerprint density at radius 2 is 1.84 bits per heavy atom. The first kappa shape index (κ1) is 22.1. The number of aliphatic hydroxyl groups is 1. The van der Waals surface area contributed by atoms with E-state index in [2.05, 4.69) is 14.9 Å². The number of aromatic nitrogens is 2. The summed E-state index contributed by atoms with van der Waals surface area (Å²) in [6.07, 6.45) is 2.22. The zero-order chi connectivity index (χ0) is 22.8. The van der Waals surface area contributed by atoms with Gasteiger partial charge < -0.3 is 31.4 Å². The lowest BCUT2D eigenvalue weighted by atomic mass is 10.0. The van der Waals surface area contributed by atoms with Gasteiger partial charge in [-0.2, -0.15) is 0 Å². The molecular formula is C22H25ClN6O3. The minimum atomic E-state index is -1.43. The third-order valence-electron chi connectivity index (χ3n) is 5.76. The highest BCUT2D eigenvalue weighted by atomic mass is 35.5. The second-order valence-electron chi connectivity index (χ2n) is 7.85. The first-order valence-corrected chi connectivity index (χ1v) is 10.7. The average Bonchev–Trinajstić information content (AvgIpc) is 3.24. The van der Waals surface area contributed by atoms with Crippen LogP contribution in [-0.4, -0.2) is 64.0 Å². The first-order chi connectivity index (χ1) is 15.3. The van der Waals surface area contributed by atoms with E-state index >= 15 is 0 Å². The second-order valence-corrected chi connectivity index (χ2v) is 8.29. The summed E-state index contributed by atoms with van der Waals surface area (Å²) >= 11 is 5.91. The van der Waals surface area contributed by atoms with E-state index in [9.17, 15) is 14.7 Å². The normalized spacial score (nSPS) is 16.2. The van der Waals surface area contributed by atoms with Crippen LogP contribution in [0.5, 0.6) is 0 Å². The molecule has 1 aliphatic rings. The molecule has 32 heavy (non-hydrogen) atoms. The van der Waals surface area contributed by atoms with E-state index in [1.807, 2.05) is 18.2 Å². The molecular weight excluding hydrogens is 432 g/mol. The molecule has 3 aromatic rings. The van der Waals surface area contributed by atoms with Crippen LogP contribution in [0.3, 0.4) is 0 Å². The van der Waals surface area contributed by atoms with Crippen molar-refractivity contribution in [2.24, 2.45) is 11.5 Å². The highest BCUT2D eigenvalue weighted by Crippen LogP contribution is 2.32. The molecule has 9 nitrogen and oxygen atoms in total. The van der Waals surface area contributed by atoms with E-state index in [4.69, 9.17) is 23.1 Å². The number of aliphatic hydroxyl groups excluding tert-OH is 1. The second kappa shape index (κ2) is 9.15. The minimum absolute atomic E-state index is 0.0917. The highest BCUT2D eigenvalue weighted by Gasteiger charge is 2.28. The summed E-state index contributed by atoms with van der Waals surface area (Å²) < 4.78 is 0. The number of carbonyl (C=O) groups excluding carboxylic acids is 2. The van der Waals surface area contributed by atoms with Gasteiger partial charge in [-0.1, -0.05) is 23.7 Å². The lowest BCUT2D eigenvalue weighted by molar-refractivity contribution is -0.132. The lowest BCUT2D eigenvalue weighted by Gasteiger charge is -2.37. The van der Waals surface area contributed by atoms with Crippen molar-refractivity contribution in [1.29, 1.82) is 0 Å². The Labute approximate surface area is 189 Å². The number of carbonyl (C=O) groups is 2. The Kier molecular flexibility index (Phi) is 6.31. The van der Waals surface area contributed by atoms with Crippen molar-refractivity contribution in [1.82, 2.24) is 14.9 Å². The molecule has 2 amide bonds. The molecule has 6 N–H and O–H groups in total. The largest absolute Gasteiger partial charge is 0.378 e. The molecule has 2 unspecified atom stereocenters. The van der Waals surface area contributed by atoms with Crippen molar-refractivity contribution in [2.45, 2.75) is 18.6 Å². The molecule has 2 aromatic heterocycles. The zero-order valence-corrected chi connectivity index (χ0v) is 18.1. The van der Waals surface area contributed by atoms with Gasteiger partial charge >= 0.3 is 0 Å². The summed E-state index contributed by atoms with van der Waals surface area (Å²) in [5.41, 5.74) is 14.2. The van der Waals surface area contributed by atoms with Gasteiger partial charge in [0.25, 0.3) is 5.91 Å². The molecule has 1 aromatic carbocycles. The van der Waals surface area contributed by atoms with Gasteiger partial charge in [-0.15, -0.1) is 0 Å².